The zero-order valence-corrected chi connectivity index (χ0v) is 46.0. The van der Waals surface area contributed by atoms with Crippen molar-refractivity contribution in [3.63, 3.8) is 0 Å². The second-order valence-electron chi connectivity index (χ2n) is 20.6. The number of methoxy groups -OCH3 is 1. The first-order valence-electron chi connectivity index (χ1n) is 26.2. The van der Waals surface area contributed by atoms with Crippen LogP contribution in [0.2, 0.25) is 0 Å². The Hall–Kier alpha value is -4.85. The van der Waals surface area contributed by atoms with E-state index in [-0.39, 0.29) is 56.5 Å². The molecule has 75 heavy (non-hydrogen) atoms. The smallest absolute Gasteiger partial charge is 0.490 e. The number of hydrogen-bond acceptors (Lipinski definition) is 16. The average Bonchev–Trinajstić information content (AvgIpc) is 3.91. The lowest BCUT2D eigenvalue weighted by atomic mass is 9.64. The number of hydrogen-bond donors (Lipinski definition) is 0. The summed E-state index contributed by atoms with van der Waals surface area (Å²) < 4.78 is 72.1. The first-order chi connectivity index (χ1) is 35.9. The minimum atomic E-state index is -1.30. The molecule has 4 aromatic rings. The highest BCUT2D eigenvalue weighted by Gasteiger charge is 2.55. The van der Waals surface area contributed by atoms with Gasteiger partial charge in [0.05, 0.1) is 93.9 Å². The standard InChI is InChI=1S/C57H76B2O16/c1-13-24-63-27-28-66-32-34-70-71-50-23-17-40(36-46(50)52(61)68-15-3)57(39-16-22-49(45(35-39)51(60)67-14-2)69-33-31-65-30-29-64-26-25-62-12)47-37-41(58-72-53(4,5)54(6,7)73-58)18-20-43(47)44-21-19-42(38-48(44)57)59-74-55(8,9)56(10,11)75-59/h16-23,35-38H,13-15,24-34H2,1-12H3. The summed E-state index contributed by atoms with van der Waals surface area (Å²) in [5.41, 5.74) is 2.71. The van der Waals surface area contributed by atoms with E-state index in [4.69, 9.17) is 66.3 Å². The van der Waals surface area contributed by atoms with Crippen molar-refractivity contribution in [2.24, 2.45) is 0 Å². The summed E-state index contributed by atoms with van der Waals surface area (Å²) in [6.07, 6.45) is 0.920. The number of ether oxygens (including phenoxy) is 8. The van der Waals surface area contributed by atoms with Gasteiger partial charge in [0.2, 0.25) is 0 Å². The van der Waals surface area contributed by atoms with Crippen LogP contribution in [0, 0.1) is 0 Å². The Morgan fingerprint density at radius 3 is 1.35 bits per heavy atom. The summed E-state index contributed by atoms with van der Waals surface area (Å²) in [4.78, 5) is 40.1. The minimum absolute atomic E-state index is 0.0757. The SMILES string of the molecule is CCCOCCOCCOOc1ccc(C2(c3ccc(OCCOCCOCCOC)c(C(=O)OCC)c3)c3cc(B4OC(C)(C)C(C)(C)O4)ccc3-c3ccc(B4OC(C)(C)C(C)(C)O4)cc32)cc1C(=O)OCC. The van der Waals surface area contributed by atoms with E-state index in [2.05, 4.69) is 24.3 Å². The van der Waals surface area contributed by atoms with Gasteiger partial charge in [-0.3, -0.25) is 0 Å². The molecule has 2 fully saturated rings. The van der Waals surface area contributed by atoms with Gasteiger partial charge in [-0.2, -0.15) is 4.89 Å². The molecule has 2 saturated heterocycles. The van der Waals surface area contributed by atoms with Crippen LogP contribution in [0.25, 0.3) is 11.1 Å². The van der Waals surface area contributed by atoms with Gasteiger partial charge in [0.1, 0.15) is 30.1 Å². The summed E-state index contributed by atoms with van der Waals surface area (Å²) >= 11 is 0. The van der Waals surface area contributed by atoms with E-state index in [0.717, 1.165) is 39.6 Å². The van der Waals surface area contributed by atoms with Crippen molar-refractivity contribution < 1.29 is 75.9 Å². The second-order valence-corrected chi connectivity index (χ2v) is 20.6. The molecule has 0 saturated carbocycles. The fraction of sp³-hybridized carbons (Fsp3) is 0.544. The highest BCUT2D eigenvalue weighted by Crippen LogP contribution is 2.57. The van der Waals surface area contributed by atoms with E-state index in [1.54, 1.807) is 39.2 Å². The minimum Gasteiger partial charge on any atom is -0.490 e. The molecule has 7 rings (SSSR count). The van der Waals surface area contributed by atoms with E-state index < -0.39 is 54.0 Å². The first kappa shape index (κ1) is 57.8. The normalized spacial score (nSPS) is 17.4. The van der Waals surface area contributed by atoms with Crippen molar-refractivity contribution in [3.05, 3.63) is 106 Å². The molecule has 2 heterocycles. The molecule has 4 aromatic carbocycles. The third kappa shape index (κ3) is 12.6. The van der Waals surface area contributed by atoms with E-state index >= 15 is 0 Å². The van der Waals surface area contributed by atoms with Crippen molar-refractivity contribution in [1.82, 2.24) is 0 Å². The largest absolute Gasteiger partial charge is 0.494 e. The number of carbonyl (C=O) groups excluding carboxylic acids is 2. The average molecular weight is 1040 g/mol. The van der Waals surface area contributed by atoms with E-state index in [1.807, 2.05) is 92.6 Å². The number of carbonyl (C=O) groups is 2. The van der Waals surface area contributed by atoms with Crippen molar-refractivity contribution >= 4 is 37.1 Å². The van der Waals surface area contributed by atoms with E-state index in [0.29, 0.717) is 63.1 Å². The number of fused-ring (bicyclic) bond motifs is 3. The Morgan fingerprint density at radius 2 is 0.893 bits per heavy atom. The monoisotopic (exact) mass is 1040 g/mol. The predicted molar refractivity (Wildman–Crippen MR) is 285 cm³/mol. The summed E-state index contributed by atoms with van der Waals surface area (Å²) in [5.74, 6) is -0.785. The summed E-state index contributed by atoms with van der Waals surface area (Å²) in [7, 11) is 0.154. The lowest BCUT2D eigenvalue weighted by Crippen LogP contribution is -2.41. The second kappa shape index (κ2) is 25.1. The van der Waals surface area contributed by atoms with Gasteiger partial charge in [0.25, 0.3) is 0 Å². The third-order valence-corrected chi connectivity index (χ3v) is 14.5. The van der Waals surface area contributed by atoms with Gasteiger partial charge >= 0.3 is 26.2 Å². The van der Waals surface area contributed by atoms with Gasteiger partial charge in [-0.25, -0.2) is 9.59 Å². The third-order valence-electron chi connectivity index (χ3n) is 14.5. The van der Waals surface area contributed by atoms with E-state index in [9.17, 15) is 9.59 Å². The zero-order valence-electron chi connectivity index (χ0n) is 46.0. The highest BCUT2D eigenvalue weighted by molar-refractivity contribution is 6.62. The maximum Gasteiger partial charge on any atom is 0.494 e. The Morgan fingerprint density at radius 1 is 0.480 bits per heavy atom. The van der Waals surface area contributed by atoms with Crippen LogP contribution < -0.4 is 20.6 Å². The molecule has 0 bridgehead atoms. The van der Waals surface area contributed by atoms with Crippen LogP contribution in [0.4, 0.5) is 0 Å². The van der Waals surface area contributed by atoms with Crippen molar-refractivity contribution in [2.75, 3.05) is 93.0 Å². The summed E-state index contributed by atoms with van der Waals surface area (Å²) in [6, 6.07) is 23.3. The Kier molecular flexibility index (Phi) is 19.3. The molecule has 406 valence electrons. The lowest BCUT2D eigenvalue weighted by molar-refractivity contribution is -0.215. The summed E-state index contributed by atoms with van der Waals surface area (Å²) in [6.45, 7) is 25.8. The fourth-order valence-corrected chi connectivity index (χ4v) is 9.20. The molecule has 0 amide bonds. The molecule has 16 nitrogen and oxygen atoms in total. The fourth-order valence-electron chi connectivity index (χ4n) is 9.20. The van der Waals surface area contributed by atoms with Crippen molar-refractivity contribution in [1.29, 1.82) is 0 Å². The molecular formula is C57H76B2O16. The molecule has 2 aliphatic heterocycles. The quantitative estimate of drug-likeness (QED) is 0.0157. The molecule has 18 heteroatoms. The Labute approximate surface area is 443 Å². The summed E-state index contributed by atoms with van der Waals surface area (Å²) in [5, 5.41) is 0. The van der Waals surface area contributed by atoms with Gasteiger partial charge in [0, 0.05) is 13.7 Å². The molecular weight excluding hydrogens is 962 g/mol. The number of benzene rings is 4. The van der Waals surface area contributed by atoms with E-state index in [1.165, 1.54) is 0 Å². The zero-order chi connectivity index (χ0) is 54.0. The topological polar surface area (TPSA) is 163 Å². The Bertz CT molecular complexity index is 2370. The number of rotatable bonds is 28. The van der Waals surface area contributed by atoms with Gasteiger partial charge in [-0.15, -0.1) is 0 Å². The number of esters is 2. The van der Waals surface area contributed by atoms with Crippen molar-refractivity contribution in [2.45, 2.75) is 110 Å². The molecule has 0 unspecified atom stereocenters. The predicted octanol–water partition coefficient (Wildman–Crippen LogP) is 7.81. The molecule has 0 N–H and O–H groups in total. The van der Waals surface area contributed by atoms with Crippen LogP contribution in [0.5, 0.6) is 11.5 Å². The first-order valence-corrected chi connectivity index (χ1v) is 26.2. The van der Waals surface area contributed by atoms with Crippen LogP contribution >= 0.6 is 0 Å². The maximum atomic E-state index is 14.3. The van der Waals surface area contributed by atoms with Crippen LogP contribution in [-0.2, 0) is 62.1 Å². The van der Waals surface area contributed by atoms with Crippen LogP contribution in [0.3, 0.4) is 0 Å². The van der Waals surface area contributed by atoms with Gasteiger partial charge in [-0.1, -0.05) is 55.5 Å². The molecule has 0 atom stereocenters. The van der Waals surface area contributed by atoms with Gasteiger partial charge in [-0.05, 0) is 144 Å². The molecule has 1 aliphatic carbocycles. The lowest BCUT2D eigenvalue weighted by Gasteiger charge is -2.35. The van der Waals surface area contributed by atoms with Crippen molar-refractivity contribution in [3.8, 4) is 22.6 Å². The molecule has 3 aliphatic rings. The van der Waals surface area contributed by atoms with Gasteiger partial charge < -0.3 is 61.4 Å². The van der Waals surface area contributed by atoms with Crippen LogP contribution in [0.15, 0.2) is 72.8 Å². The van der Waals surface area contributed by atoms with Gasteiger partial charge in [0.15, 0.2) is 5.75 Å². The Balaban J connectivity index is 1.41. The van der Waals surface area contributed by atoms with Crippen LogP contribution in [0.1, 0.15) is 126 Å². The highest BCUT2D eigenvalue weighted by atomic mass is 17.2. The molecule has 0 radical (unpaired) electrons. The maximum absolute atomic E-state index is 14.3. The molecule has 0 aromatic heterocycles. The van der Waals surface area contributed by atoms with Crippen LogP contribution in [-0.4, -0.2) is 142 Å². The molecule has 0 spiro atoms.